The highest BCUT2D eigenvalue weighted by atomic mass is 16.4. The molecule has 0 aliphatic heterocycles. The van der Waals surface area contributed by atoms with Crippen molar-refractivity contribution < 1.29 is 9.90 Å². The van der Waals surface area contributed by atoms with Gasteiger partial charge >= 0.3 is 5.97 Å². The van der Waals surface area contributed by atoms with E-state index < -0.39 is 5.97 Å². The SMILES string of the molecule is CC(C)CN(C)c1ccc(-n2cc(C(=O)O)cn2)cc1C#N. The highest BCUT2D eigenvalue weighted by molar-refractivity contribution is 5.87. The number of nitrogens with zero attached hydrogens (tertiary/aromatic N) is 4. The molecular formula is C16H18N4O2. The Morgan fingerprint density at radius 3 is 2.77 bits per heavy atom. The molecule has 0 bridgehead atoms. The summed E-state index contributed by atoms with van der Waals surface area (Å²) in [6.07, 6.45) is 2.71. The maximum atomic E-state index is 10.9. The van der Waals surface area contributed by atoms with E-state index >= 15 is 0 Å². The summed E-state index contributed by atoms with van der Waals surface area (Å²) in [5.74, 6) is -0.541. The van der Waals surface area contributed by atoms with Crippen molar-refractivity contribution in [3.63, 3.8) is 0 Å². The number of carboxylic acids is 1. The van der Waals surface area contributed by atoms with Crippen LogP contribution in [0.3, 0.4) is 0 Å². The number of hydrogen-bond donors (Lipinski definition) is 1. The van der Waals surface area contributed by atoms with Gasteiger partial charge in [-0.15, -0.1) is 0 Å². The van der Waals surface area contributed by atoms with Crippen LogP contribution < -0.4 is 4.90 Å². The molecule has 0 aliphatic rings. The van der Waals surface area contributed by atoms with E-state index in [9.17, 15) is 10.1 Å². The summed E-state index contributed by atoms with van der Waals surface area (Å²) in [4.78, 5) is 12.9. The highest BCUT2D eigenvalue weighted by Gasteiger charge is 2.12. The fourth-order valence-electron chi connectivity index (χ4n) is 2.31. The summed E-state index contributed by atoms with van der Waals surface area (Å²) in [7, 11) is 1.95. The average molecular weight is 298 g/mol. The van der Waals surface area contributed by atoms with Gasteiger partial charge in [-0.05, 0) is 24.1 Å². The van der Waals surface area contributed by atoms with E-state index in [0.717, 1.165) is 12.2 Å². The van der Waals surface area contributed by atoms with Crippen molar-refractivity contribution in [3.8, 4) is 11.8 Å². The van der Waals surface area contributed by atoms with E-state index in [-0.39, 0.29) is 5.56 Å². The van der Waals surface area contributed by atoms with Crippen LogP contribution in [0.5, 0.6) is 0 Å². The van der Waals surface area contributed by atoms with Crippen LogP contribution in [0.2, 0.25) is 0 Å². The Labute approximate surface area is 129 Å². The van der Waals surface area contributed by atoms with Gasteiger partial charge in [-0.3, -0.25) is 0 Å². The standard InChI is InChI=1S/C16H18N4O2/c1-11(2)9-19(3)15-5-4-14(6-12(15)7-17)20-10-13(8-18-20)16(21)22/h4-6,8,10-11H,9H2,1-3H3,(H,21,22). The summed E-state index contributed by atoms with van der Waals surface area (Å²) < 4.78 is 1.45. The van der Waals surface area contributed by atoms with E-state index in [2.05, 4.69) is 25.0 Å². The number of anilines is 1. The van der Waals surface area contributed by atoms with Gasteiger partial charge in [-0.1, -0.05) is 13.8 Å². The number of aromatic carboxylic acids is 1. The van der Waals surface area contributed by atoms with Crippen molar-refractivity contribution in [2.45, 2.75) is 13.8 Å². The van der Waals surface area contributed by atoms with Crippen molar-refractivity contribution in [1.82, 2.24) is 9.78 Å². The molecule has 0 amide bonds. The third kappa shape index (κ3) is 3.26. The van der Waals surface area contributed by atoms with Crippen LogP contribution in [0.15, 0.2) is 30.6 Å². The second kappa shape index (κ2) is 6.31. The highest BCUT2D eigenvalue weighted by Crippen LogP contribution is 2.23. The lowest BCUT2D eigenvalue weighted by Crippen LogP contribution is -2.23. The fourth-order valence-corrected chi connectivity index (χ4v) is 2.31. The van der Waals surface area contributed by atoms with E-state index in [0.29, 0.717) is 17.2 Å². The van der Waals surface area contributed by atoms with Crippen molar-refractivity contribution in [3.05, 3.63) is 41.7 Å². The Hall–Kier alpha value is -2.81. The minimum absolute atomic E-state index is 0.111. The Kier molecular flexibility index (Phi) is 4.47. The summed E-state index contributed by atoms with van der Waals surface area (Å²) >= 11 is 0. The van der Waals surface area contributed by atoms with E-state index in [4.69, 9.17) is 5.11 Å². The third-order valence-electron chi connectivity index (χ3n) is 3.24. The zero-order valence-corrected chi connectivity index (χ0v) is 12.8. The molecule has 0 saturated heterocycles. The molecule has 2 rings (SSSR count). The van der Waals surface area contributed by atoms with Crippen LogP contribution in [-0.2, 0) is 0 Å². The van der Waals surface area contributed by atoms with Gasteiger partial charge in [0.25, 0.3) is 0 Å². The molecular weight excluding hydrogens is 280 g/mol. The summed E-state index contributed by atoms with van der Waals surface area (Å²) in [6.45, 7) is 5.08. The number of carboxylic acid groups (broad SMARTS) is 1. The number of hydrogen-bond acceptors (Lipinski definition) is 4. The molecule has 6 heteroatoms. The monoisotopic (exact) mass is 298 g/mol. The van der Waals surface area contributed by atoms with Gasteiger partial charge in [0.05, 0.1) is 28.7 Å². The molecule has 6 nitrogen and oxygen atoms in total. The number of aromatic nitrogens is 2. The van der Waals surface area contributed by atoms with Gasteiger partial charge in [0.15, 0.2) is 0 Å². The second-order valence-corrected chi connectivity index (χ2v) is 5.57. The first-order valence-corrected chi connectivity index (χ1v) is 6.96. The molecule has 22 heavy (non-hydrogen) atoms. The third-order valence-corrected chi connectivity index (χ3v) is 3.24. The van der Waals surface area contributed by atoms with E-state index in [1.54, 1.807) is 6.07 Å². The number of rotatable bonds is 5. The molecule has 1 aromatic heterocycles. The molecule has 114 valence electrons. The number of benzene rings is 1. The van der Waals surface area contributed by atoms with Crippen LogP contribution in [-0.4, -0.2) is 34.4 Å². The van der Waals surface area contributed by atoms with Crippen LogP contribution >= 0.6 is 0 Å². The van der Waals surface area contributed by atoms with Gasteiger partial charge in [-0.2, -0.15) is 10.4 Å². The molecule has 0 unspecified atom stereocenters. The van der Waals surface area contributed by atoms with Crippen molar-refractivity contribution >= 4 is 11.7 Å². The van der Waals surface area contributed by atoms with Gasteiger partial charge < -0.3 is 10.0 Å². The Morgan fingerprint density at radius 1 is 1.50 bits per heavy atom. The Morgan fingerprint density at radius 2 is 2.23 bits per heavy atom. The lowest BCUT2D eigenvalue weighted by molar-refractivity contribution is 0.0697. The normalized spacial score (nSPS) is 10.5. The molecule has 1 heterocycles. The zero-order valence-electron chi connectivity index (χ0n) is 12.8. The predicted molar refractivity (Wildman–Crippen MR) is 83.3 cm³/mol. The van der Waals surface area contributed by atoms with Crippen LogP contribution in [0.25, 0.3) is 5.69 Å². The first kappa shape index (κ1) is 15.6. The summed E-state index contributed by atoms with van der Waals surface area (Å²) in [5, 5.41) is 22.3. The van der Waals surface area contributed by atoms with E-state index in [1.165, 1.54) is 17.1 Å². The van der Waals surface area contributed by atoms with E-state index in [1.807, 2.05) is 24.1 Å². The first-order valence-electron chi connectivity index (χ1n) is 6.96. The largest absolute Gasteiger partial charge is 0.478 e. The predicted octanol–water partition coefficient (Wildman–Crippen LogP) is 2.53. The minimum Gasteiger partial charge on any atom is -0.478 e. The molecule has 0 spiro atoms. The second-order valence-electron chi connectivity index (χ2n) is 5.57. The molecule has 0 saturated carbocycles. The molecule has 1 aromatic carbocycles. The zero-order chi connectivity index (χ0) is 16.3. The average Bonchev–Trinajstić information content (AvgIpc) is 2.95. The lowest BCUT2D eigenvalue weighted by atomic mass is 10.1. The molecule has 0 aliphatic carbocycles. The Bertz CT molecular complexity index is 728. The maximum Gasteiger partial charge on any atom is 0.338 e. The van der Waals surface area contributed by atoms with Gasteiger partial charge in [0.1, 0.15) is 6.07 Å². The maximum absolute atomic E-state index is 10.9. The molecule has 0 atom stereocenters. The smallest absolute Gasteiger partial charge is 0.338 e. The summed E-state index contributed by atoms with van der Waals surface area (Å²) in [5.41, 5.74) is 2.16. The van der Waals surface area contributed by atoms with Crippen molar-refractivity contribution in [1.29, 1.82) is 5.26 Å². The minimum atomic E-state index is -1.03. The number of nitriles is 1. The van der Waals surface area contributed by atoms with Gasteiger partial charge in [0.2, 0.25) is 0 Å². The van der Waals surface area contributed by atoms with Crippen molar-refractivity contribution in [2.24, 2.45) is 5.92 Å². The molecule has 0 radical (unpaired) electrons. The number of carbonyl (C=O) groups is 1. The van der Waals surface area contributed by atoms with Gasteiger partial charge in [0, 0.05) is 19.8 Å². The lowest BCUT2D eigenvalue weighted by Gasteiger charge is -2.22. The summed E-state index contributed by atoms with van der Waals surface area (Å²) in [6, 6.07) is 7.59. The Balaban J connectivity index is 2.36. The van der Waals surface area contributed by atoms with Gasteiger partial charge in [-0.25, -0.2) is 9.48 Å². The fraction of sp³-hybridized carbons (Fsp3) is 0.312. The topological polar surface area (TPSA) is 82.2 Å². The van der Waals surface area contributed by atoms with Crippen molar-refractivity contribution in [2.75, 3.05) is 18.5 Å². The van der Waals surface area contributed by atoms with Crippen LogP contribution in [0.1, 0.15) is 29.8 Å². The quantitative estimate of drug-likeness (QED) is 0.917. The van der Waals surface area contributed by atoms with Crippen LogP contribution in [0, 0.1) is 17.2 Å². The first-order chi connectivity index (χ1) is 10.4. The molecule has 2 aromatic rings. The molecule has 0 fully saturated rings. The molecule has 1 N–H and O–H groups in total. The van der Waals surface area contributed by atoms with Crippen LogP contribution in [0.4, 0.5) is 5.69 Å².